The monoisotopic (exact) mass is 177 g/mol. The maximum atomic E-state index is 5.41. The van der Waals surface area contributed by atoms with Crippen molar-refractivity contribution >= 4 is 0 Å². The summed E-state index contributed by atoms with van der Waals surface area (Å²) in [6.07, 6.45) is 1.65. The summed E-state index contributed by atoms with van der Waals surface area (Å²) in [4.78, 5) is 4.24. The SMILES string of the molecule is Cc1nc2c(o1)CCc1nonc1-2. The van der Waals surface area contributed by atoms with Gasteiger partial charge in [0.2, 0.25) is 0 Å². The second-order valence-corrected chi connectivity index (χ2v) is 3.06. The lowest BCUT2D eigenvalue weighted by Crippen LogP contribution is -2.01. The van der Waals surface area contributed by atoms with E-state index in [0.29, 0.717) is 5.89 Å². The van der Waals surface area contributed by atoms with E-state index in [1.165, 1.54) is 0 Å². The topological polar surface area (TPSA) is 65.0 Å². The molecule has 0 radical (unpaired) electrons. The average molecular weight is 177 g/mol. The van der Waals surface area contributed by atoms with Gasteiger partial charge in [0.1, 0.15) is 17.1 Å². The highest BCUT2D eigenvalue weighted by Crippen LogP contribution is 2.30. The van der Waals surface area contributed by atoms with Crippen LogP contribution in [0.15, 0.2) is 9.05 Å². The molecule has 1 aliphatic rings. The Morgan fingerprint density at radius 1 is 1.15 bits per heavy atom. The fourth-order valence-corrected chi connectivity index (χ4v) is 1.61. The largest absolute Gasteiger partial charge is 0.445 e. The zero-order chi connectivity index (χ0) is 8.84. The Morgan fingerprint density at radius 2 is 2.08 bits per heavy atom. The summed E-state index contributed by atoms with van der Waals surface area (Å²) < 4.78 is 10.1. The summed E-state index contributed by atoms with van der Waals surface area (Å²) in [7, 11) is 0. The van der Waals surface area contributed by atoms with Crippen molar-refractivity contribution in [3.05, 3.63) is 17.3 Å². The molecule has 0 spiro atoms. The van der Waals surface area contributed by atoms with Crippen molar-refractivity contribution in [3.63, 3.8) is 0 Å². The number of aryl methyl sites for hydroxylation is 3. The van der Waals surface area contributed by atoms with E-state index < -0.39 is 0 Å². The zero-order valence-corrected chi connectivity index (χ0v) is 7.07. The van der Waals surface area contributed by atoms with Gasteiger partial charge in [0.05, 0.1) is 0 Å². The van der Waals surface area contributed by atoms with Crippen molar-refractivity contribution in [2.24, 2.45) is 0 Å². The summed E-state index contributed by atoms with van der Waals surface area (Å²) in [5.74, 6) is 1.56. The number of nitrogens with zero attached hydrogens (tertiary/aromatic N) is 3. The van der Waals surface area contributed by atoms with Gasteiger partial charge < -0.3 is 4.42 Å². The van der Waals surface area contributed by atoms with Gasteiger partial charge in [0.15, 0.2) is 11.6 Å². The van der Waals surface area contributed by atoms with Crippen LogP contribution in [0.5, 0.6) is 0 Å². The molecule has 5 nitrogen and oxygen atoms in total. The van der Waals surface area contributed by atoms with E-state index in [9.17, 15) is 0 Å². The first-order valence-electron chi connectivity index (χ1n) is 4.12. The summed E-state index contributed by atoms with van der Waals surface area (Å²) >= 11 is 0. The van der Waals surface area contributed by atoms with E-state index in [-0.39, 0.29) is 0 Å². The summed E-state index contributed by atoms with van der Waals surface area (Å²) in [5.41, 5.74) is 2.40. The van der Waals surface area contributed by atoms with Crippen LogP contribution >= 0.6 is 0 Å². The number of oxazole rings is 1. The zero-order valence-electron chi connectivity index (χ0n) is 7.07. The molecule has 0 unspecified atom stereocenters. The van der Waals surface area contributed by atoms with Crippen LogP contribution in [-0.4, -0.2) is 15.3 Å². The van der Waals surface area contributed by atoms with Crippen LogP contribution in [-0.2, 0) is 12.8 Å². The van der Waals surface area contributed by atoms with Crippen molar-refractivity contribution in [3.8, 4) is 11.4 Å². The van der Waals surface area contributed by atoms with E-state index in [0.717, 1.165) is 35.7 Å². The third-order valence-electron chi connectivity index (χ3n) is 2.17. The van der Waals surface area contributed by atoms with Gasteiger partial charge in [-0.15, -0.1) is 0 Å². The van der Waals surface area contributed by atoms with Gasteiger partial charge in [-0.1, -0.05) is 5.16 Å². The molecule has 2 heterocycles. The summed E-state index contributed by atoms with van der Waals surface area (Å²) in [6, 6.07) is 0. The van der Waals surface area contributed by atoms with Gasteiger partial charge in [-0.3, -0.25) is 0 Å². The highest BCUT2D eigenvalue weighted by molar-refractivity contribution is 5.60. The van der Waals surface area contributed by atoms with Crippen molar-refractivity contribution in [2.75, 3.05) is 0 Å². The smallest absolute Gasteiger partial charge is 0.191 e. The van der Waals surface area contributed by atoms with Crippen molar-refractivity contribution < 1.29 is 9.05 Å². The Kier molecular flexibility index (Phi) is 1.15. The molecule has 13 heavy (non-hydrogen) atoms. The minimum atomic E-state index is 0.667. The van der Waals surface area contributed by atoms with Crippen LogP contribution < -0.4 is 0 Å². The van der Waals surface area contributed by atoms with Gasteiger partial charge >= 0.3 is 0 Å². The maximum Gasteiger partial charge on any atom is 0.191 e. The number of hydrogen-bond acceptors (Lipinski definition) is 5. The number of rotatable bonds is 0. The maximum absolute atomic E-state index is 5.41. The Morgan fingerprint density at radius 3 is 3.00 bits per heavy atom. The second-order valence-electron chi connectivity index (χ2n) is 3.06. The van der Waals surface area contributed by atoms with Crippen LogP contribution in [0.3, 0.4) is 0 Å². The van der Waals surface area contributed by atoms with Crippen molar-refractivity contribution in [1.29, 1.82) is 0 Å². The molecule has 0 atom stereocenters. The Bertz CT molecular complexity index is 458. The first kappa shape index (κ1) is 6.82. The predicted molar refractivity (Wildman–Crippen MR) is 41.9 cm³/mol. The minimum Gasteiger partial charge on any atom is -0.445 e. The molecule has 2 aromatic heterocycles. The molecular formula is C8H7N3O2. The van der Waals surface area contributed by atoms with Crippen molar-refractivity contribution in [1.82, 2.24) is 15.3 Å². The normalized spacial score (nSPS) is 13.9. The second kappa shape index (κ2) is 2.18. The molecule has 3 rings (SSSR count). The third kappa shape index (κ3) is 0.838. The lowest BCUT2D eigenvalue weighted by molar-refractivity contribution is 0.304. The molecule has 0 saturated heterocycles. The Hall–Kier alpha value is -1.65. The fraction of sp³-hybridized carbons (Fsp3) is 0.375. The van der Waals surface area contributed by atoms with Gasteiger partial charge in [-0.05, 0) is 5.16 Å². The third-order valence-corrected chi connectivity index (χ3v) is 2.17. The molecule has 1 aliphatic carbocycles. The van der Waals surface area contributed by atoms with Crippen LogP contribution in [0.2, 0.25) is 0 Å². The molecule has 0 amide bonds. The number of fused-ring (bicyclic) bond motifs is 3. The predicted octanol–water partition coefficient (Wildman–Crippen LogP) is 1.13. The van der Waals surface area contributed by atoms with Crippen LogP contribution in [0.1, 0.15) is 17.3 Å². The fourth-order valence-electron chi connectivity index (χ4n) is 1.61. The highest BCUT2D eigenvalue weighted by atomic mass is 16.6. The minimum absolute atomic E-state index is 0.667. The van der Waals surface area contributed by atoms with Gasteiger partial charge in [-0.2, -0.15) is 0 Å². The summed E-state index contributed by atoms with van der Waals surface area (Å²) in [5, 5.41) is 7.60. The van der Waals surface area contributed by atoms with E-state index in [1.54, 1.807) is 0 Å². The molecule has 0 saturated carbocycles. The van der Waals surface area contributed by atoms with Gasteiger partial charge in [0.25, 0.3) is 0 Å². The molecule has 5 heteroatoms. The first-order chi connectivity index (χ1) is 6.34. The van der Waals surface area contributed by atoms with Gasteiger partial charge in [0, 0.05) is 19.8 Å². The van der Waals surface area contributed by atoms with Crippen molar-refractivity contribution in [2.45, 2.75) is 19.8 Å². The lowest BCUT2D eigenvalue weighted by Gasteiger charge is -2.03. The molecular weight excluding hydrogens is 170 g/mol. The molecule has 0 aromatic carbocycles. The Balaban J connectivity index is 2.29. The van der Waals surface area contributed by atoms with Gasteiger partial charge in [-0.25, -0.2) is 9.61 Å². The molecule has 2 aromatic rings. The highest BCUT2D eigenvalue weighted by Gasteiger charge is 2.25. The van der Waals surface area contributed by atoms with Crippen LogP contribution in [0.25, 0.3) is 11.4 Å². The number of aromatic nitrogens is 3. The molecule has 0 fully saturated rings. The van der Waals surface area contributed by atoms with E-state index in [2.05, 4.69) is 19.9 Å². The first-order valence-corrected chi connectivity index (χ1v) is 4.12. The van der Waals surface area contributed by atoms with E-state index in [1.807, 2.05) is 6.92 Å². The molecule has 0 N–H and O–H groups in total. The number of hydrogen-bond donors (Lipinski definition) is 0. The van der Waals surface area contributed by atoms with Crippen LogP contribution in [0.4, 0.5) is 0 Å². The molecule has 0 bridgehead atoms. The summed E-state index contributed by atoms with van der Waals surface area (Å²) in [6.45, 7) is 1.82. The van der Waals surface area contributed by atoms with Crippen LogP contribution in [0, 0.1) is 6.92 Å². The average Bonchev–Trinajstić information content (AvgIpc) is 2.65. The molecule has 66 valence electrons. The lowest BCUT2D eigenvalue weighted by atomic mass is 10.0. The van der Waals surface area contributed by atoms with E-state index >= 15 is 0 Å². The quantitative estimate of drug-likeness (QED) is 0.603. The Labute approximate surface area is 73.7 Å². The standard InChI is InChI=1S/C8H7N3O2/c1-4-9-8-6(12-4)3-2-5-7(8)11-13-10-5/h2-3H2,1H3. The molecule has 0 aliphatic heterocycles. The van der Waals surface area contributed by atoms with E-state index in [4.69, 9.17) is 4.42 Å².